The van der Waals surface area contributed by atoms with E-state index in [4.69, 9.17) is 13.9 Å². The molecular weight excluding hydrogens is 386 g/mol. The Hall–Kier alpha value is -3.09. The molecule has 0 saturated heterocycles. The monoisotopic (exact) mass is 413 g/mol. The van der Waals surface area contributed by atoms with Crippen molar-refractivity contribution in [3.05, 3.63) is 45.5 Å². The van der Waals surface area contributed by atoms with Gasteiger partial charge >= 0.3 is 11.6 Å². The van der Waals surface area contributed by atoms with Crippen LogP contribution < -0.4 is 10.9 Å². The zero-order valence-corrected chi connectivity index (χ0v) is 17.9. The van der Waals surface area contributed by atoms with E-state index in [2.05, 4.69) is 26.1 Å². The van der Waals surface area contributed by atoms with Crippen molar-refractivity contribution in [2.45, 2.75) is 65.3 Å². The largest absolute Gasteiger partial charge is 0.480 e. The third-order valence-electron chi connectivity index (χ3n) is 5.43. The molecule has 7 heteroatoms. The molecule has 30 heavy (non-hydrogen) atoms. The molecule has 3 rings (SSSR count). The van der Waals surface area contributed by atoms with Gasteiger partial charge in [0.15, 0.2) is 0 Å². The lowest BCUT2D eigenvalue weighted by molar-refractivity contribution is -0.141. The molecule has 0 unspecified atom stereocenters. The Morgan fingerprint density at radius 1 is 1.17 bits per heavy atom. The average Bonchev–Trinajstić information content (AvgIpc) is 3.07. The first-order chi connectivity index (χ1) is 14.0. The molecule has 1 amide bonds. The molecule has 0 aliphatic heterocycles. The highest BCUT2D eigenvalue weighted by atomic mass is 16.4. The Bertz CT molecular complexity index is 1180. The maximum atomic E-state index is 12.5. The van der Waals surface area contributed by atoms with E-state index in [-0.39, 0.29) is 24.7 Å². The highest BCUT2D eigenvalue weighted by Gasteiger charge is 2.22. The Balaban J connectivity index is 1.96. The minimum absolute atomic E-state index is 0.00207. The van der Waals surface area contributed by atoms with Gasteiger partial charge in [-0.3, -0.25) is 4.79 Å². The summed E-state index contributed by atoms with van der Waals surface area (Å²) in [5, 5.41) is 13.3. The van der Waals surface area contributed by atoms with Gasteiger partial charge in [-0.2, -0.15) is 0 Å². The normalized spacial score (nSPS) is 13.0. The van der Waals surface area contributed by atoms with Gasteiger partial charge in [0.05, 0.1) is 6.26 Å². The fourth-order valence-corrected chi connectivity index (χ4v) is 3.62. The Labute approximate surface area is 174 Å². The molecule has 2 N–H and O–H groups in total. The van der Waals surface area contributed by atoms with Crippen molar-refractivity contribution in [2.75, 3.05) is 0 Å². The first-order valence-corrected chi connectivity index (χ1v) is 10.0. The van der Waals surface area contributed by atoms with Gasteiger partial charge in [-0.1, -0.05) is 27.7 Å². The predicted octanol–water partition coefficient (Wildman–Crippen LogP) is 4.06. The van der Waals surface area contributed by atoms with Crippen LogP contribution in [0.25, 0.3) is 21.9 Å². The van der Waals surface area contributed by atoms with E-state index >= 15 is 0 Å². The molecule has 0 bridgehead atoms. The average molecular weight is 413 g/mol. The number of carboxylic acid groups (broad SMARTS) is 1. The van der Waals surface area contributed by atoms with Crippen LogP contribution >= 0.6 is 0 Å². The van der Waals surface area contributed by atoms with Gasteiger partial charge in [0.25, 0.3) is 0 Å². The topological polar surface area (TPSA) is 110 Å². The molecule has 0 saturated carbocycles. The van der Waals surface area contributed by atoms with Crippen molar-refractivity contribution >= 4 is 33.8 Å². The number of carbonyl (C=O) groups excluding carboxylic acids is 1. The second kappa shape index (κ2) is 7.97. The fraction of sp³-hybridized carbons (Fsp3) is 0.435. The van der Waals surface area contributed by atoms with Gasteiger partial charge in [-0.05, 0) is 36.8 Å². The summed E-state index contributed by atoms with van der Waals surface area (Å²) in [4.78, 5) is 35.8. The molecule has 2 heterocycles. The number of benzene rings is 1. The summed E-state index contributed by atoms with van der Waals surface area (Å²) < 4.78 is 11.2. The number of hydrogen-bond acceptors (Lipinski definition) is 5. The fourth-order valence-electron chi connectivity index (χ4n) is 3.62. The van der Waals surface area contributed by atoms with Crippen LogP contribution in [0.3, 0.4) is 0 Å². The summed E-state index contributed by atoms with van der Waals surface area (Å²) in [7, 11) is 0. The lowest BCUT2D eigenvalue weighted by atomic mass is 9.86. The molecule has 0 fully saturated rings. The molecule has 0 radical (unpaired) electrons. The summed E-state index contributed by atoms with van der Waals surface area (Å²) >= 11 is 0. The van der Waals surface area contributed by atoms with Gasteiger partial charge in [0.1, 0.15) is 17.2 Å². The summed E-state index contributed by atoms with van der Waals surface area (Å²) in [5.41, 5.74) is 2.71. The van der Waals surface area contributed by atoms with Gasteiger partial charge in [-0.15, -0.1) is 0 Å². The number of furan rings is 1. The minimum Gasteiger partial charge on any atom is -0.480 e. The SMILES string of the molecule is CC[C@@H](NC(=O)CCc1c(C)c2cc3c(C(C)(C)C)coc3cc2oc1=O)C(=O)O. The number of carbonyl (C=O) groups is 2. The second-order valence-electron chi connectivity index (χ2n) is 8.60. The molecule has 3 aromatic rings. The van der Waals surface area contributed by atoms with Crippen LogP contribution in [0.4, 0.5) is 0 Å². The number of carboxylic acids is 1. The maximum Gasteiger partial charge on any atom is 0.339 e. The van der Waals surface area contributed by atoms with Crippen molar-refractivity contribution in [1.82, 2.24) is 5.32 Å². The Kier molecular flexibility index (Phi) is 5.74. The summed E-state index contributed by atoms with van der Waals surface area (Å²) in [6, 6.07) is 2.76. The molecule has 0 spiro atoms. The third kappa shape index (κ3) is 4.10. The maximum absolute atomic E-state index is 12.5. The molecule has 7 nitrogen and oxygen atoms in total. The molecule has 1 aromatic carbocycles. The van der Waals surface area contributed by atoms with Crippen LogP contribution in [0.2, 0.25) is 0 Å². The van der Waals surface area contributed by atoms with Crippen molar-refractivity contribution in [2.24, 2.45) is 0 Å². The van der Waals surface area contributed by atoms with Gasteiger partial charge < -0.3 is 19.3 Å². The van der Waals surface area contributed by atoms with Crippen LogP contribution in [0.1, 0.15) is 57.2 Å². The number of rotatable bonds is 6. The molecule has 1 atom stereocenters. The number of amides is 1. The smallest absolute Gasteiger partial charge is 0.339 e. The highest BCUT2D eigenvalue weighted by Crippen LogP contribution is 2.35. The first kappa shape index (κ1) is 21.6. The zero-order chi connectivity index (χ0) is 22.2. The second-order valence-corrected chi connectivity index (χ2v) is 8.60. The lowest BCUT2D eigenvalue weighted by Crippen LogP contribution is -2.40. The molecule has 2 aromatic heterocycles. The first-order valence-electron chi connectivity index (χ1n) is 10.0. The third-order valence-corrected chi connectivity index (χ3v) is 5.43. The van der Waals surface area contributed by atoms with Crippen molar-refractivity contribution in [1.29, 1.82) is 0 Å². The summed E-state index contributed by atoms with van der Waals surface area (Å²) in [5.74, 6) is -1.49. The van der Waals surface area contributed by atoms with Crippen LogP contribution in [-0.4, -0.2) is 23.0 Å². The van der Waals surface area contributed by atoms with Crippen LogP contribution in [0.5, 0.6) is 0 Å². The molecule has 0 aliphatic carbocycles. The van der Waals surface area contributed by atoms with E-state index in [0.29, 0.717) is 16.7 Å². The molecular formula is C23H27NO6. The Morgan fingerprint density at radius 3 is 2.47 bits per heavy atom. The van der Waals surface area contributed by atoms with Crippen LogP contribution in [-0.2, 0) is 21.4 Å². The number of nitrogens with one attached hydrogen (secondary N) is 1. The van der Waals surface area contributed by atoms with Crippen molar-refractivity contribution in [3.63, 3.8) is 0 Å². The number of aryl methyl sites for hydroxylation is 1. The standard InChI is InChI=1S/C23H27NO6/c1-6-17(21(26)27)24-20(25)8-7-13-12(2)14-9-15-16(23(3,4)5)11-29-18(15)10-19(14)30-22(13)28/h9-11,17H,6-8H2,1-5H3,(H,24,25)(H,26,27)/t17-/m1/s1. The van der Waals surface area contributed by atoms with Crippen molar-refractivity contribution in [3.8, 4) is 0 Å². The van der Waals surface area contributed by atoms with Gasteiger partial charge in [-0.25, -0.2) is 9.59 Å². The molecule has 0 aliphatic rings. The predicted molar refractivity (Wildman–Crippen MR) is 114 cm³/mol. The number of hydrogen-bond donors (Lipinski definition) is 2. The van der Waals surface area contributed by atoms with E-state index < -0.39 is 23.5 Å². The quantitative estimate of drug-likeness (QED) is 0.590. The van der Waals surface area contributed by atoms with Crippen LogP contribution in [0, 0.1) is 6.92 Å². The zero-order valence-electron chi connectivity index (χ0n) is 17.9. The van der Waals surface area contributed by atoms with E-state index in [9.17, 15) is 14.4 Å². The molecule has 160 valence electrons. The van der Waals surface area contributed by atoms with Crippen molar-refractivity contribution < 1.29 is 23.5 Å². The van der Waals surface area contributed by atoms with Gasteiger partial charge in [0.2, 0.25) is 5.91 Å². The lowest BCUT2D eigenvalue weighted by Gasteiger charge is -2.16. The van der Waals surface area contributed by atoms with E-state index in [1.165, 1.54) is 0 Å². The van der Waals surface area contributed by atoms with E-state index in [0.717, 1.165) is 21.9 Å². The number of aliphatic carboxylic acids is 1. The summed E-state index contributed by atoms with van der Waals surface area (Å²) in [6.07, 6.45) is 2.19. The van der Waals surface area contributed by atoms with E-state index in [1.54, 1.807) is 19.3 Å². The van der Waals surface area contributed by atoms with E-state index in [1.807, 2.05) is 13.0 Å². The number of fused-ring (bicyclic) bond motifs is 2. The minimum atomic E-state index is -1.08. The summed E-state index contributed by atoms with van der Waals surface area (Å²) in [6.45, 7) is 9.82. The highest BCUT2D eigenvalue weighted by molar-refractivity contribution is 5.97. The Morgan fingerprint density at radius 2 is 1.87 bits per heavy atom. The van der Waals surface area contributed by atoms with Gasteiger partial charge in [0, 0.05) is 34.4 Å². The van der Waals surface area contributed by atoms with Crippen LogP contribution in [0.15, 0.2) is 32.0 Å².